The van der Waals surface area contributed by atoms with Crippen LogP contribution in [0.2, 0.25) is 0 Å². The van der Waals surface area contributed by atoms with Gasteiger partial charge in [0.15, 0.2) is 0 Å². The minimum atomic E-state index is 0.594. The molecule has 0 bridgehead atoms. The van der Waals surface area contributed by atoms with Gasteiger partial charge in [0.1, 0.15) is 5.82 Å². The summed E-state index contributed by atoms with van der Waals surface area (Å²) in [7, 11) is 3.74. The van der Waals surface area contributed by atoms with Gasteiger partial charge in [0.25, 0.3) is 0 Å². The third-order valence-electron chi connectivity index (χ3n) is 4.44. The summed E-state index contributed by atoms with van der Waals surface area (Å²) in [4.78, 5) is 0. The molecule has 19 heavy (non-hydrogen) atoms. The molecule has 1 aromatic heterocycles. The summed E-state index contributed by atoms with van der Waals surface area (Å²) in [6.45, 7) is 5.47. The van der Waals surface area contributed by atoms with Crippen LogP contribution in [0.25, 0.3) is 0 Å². The Kier molecular flexibility index (Phi) is 4.86. The van der Waals surface area contributed by atoms with Gasteiger partial charge >= 0.3 is 0 Å². The molecule has 0 aromatic carbocycles. The third kappa shape index (κ3) is 3.72. The molecular formula is C15H27N3O. The molecule has 108 valence electrons. The number of aromatic nitrogens is 2. The molecule has 0 saturated heterocycles. The number of nitrogens with zero attached hydrogens (tertiary/aromatic N) is 2. The Bertz CT molecular complexity index is 402. The minimum absolute atomic E-state index is 0.594. The molecule has 0 unspecified atom stereocenters. The molecule has 1 aromatic rings. The summed E-state index contributed by atoms with van der Waals surface area (Å²) in [6.07, 6.45) is 4.74. The van der Waals surface area contributed by atoms with Crippen molar-refractivity contribution in [3.8, 4) is 0 Å². The van der Waals surface area contributed by atoms with Crippen LogP contribution >= 0.6 is 0 Å². The molecule has 3 atom stereocenters. The van der Waals surface area contributed by atoms with E-state index in [9.17, 15) is 0 Å². The van der Waals surface area contributed by atoms with Gasteiger partial charge in [0.05, 0.1) is 12.3 Å². The summed E-state index contributed by atoms with van der Waals surface area (Å²) in [5, 5.41) is 8.18. The maximum absolute atomic E-state index is 5.10. The number of aryl methyl sites for hydroxylation is 1. The molecule has 1 fully saturated rings. The smallest absolute Gasteiger partial charge is 0.124 e. The van der Waals surface area contributed by atoms with Gasteiger partial charge in [-0.1, -0.05) is 13.8 Å². The van der Waals surface area contributed by atoms with Crippen molar-refractivity contribution < 1.29 is 4.74 Å². The zero-order chi connectivity index (χ0) is 13.8. The molecule has 1 saturated carbocycles. The average molecular weight is 265 g/mol. The average Bonchev–Trinajstić information content (AvgIpc) is 2.72. The fraction of sp³-hybridized carbons (Fsp3) is 0.800. The topological polar surface area (TPSA) is 39.1 Å². The van der Waals surface area contributed by atoms with Crippen LogP contribution < -0.4 is 5.32 Å². The van der Waals surface area contributed by atoms with Gasteiger partial charge in [-0.15, -0.1) is 0 Å². The lowest BCUT2D eigenvalue weighted by Crippen LogP contribution is -2.30. The van der Waals surface area contributed by atoms with Crippen molar-refractivity contribution in [3.05, 3.63) is 11.8 Å². The molecular weight excluding hydrogens is 238 g/mol. The Hall–Kier alpha value is -1.03. The van der Waals surface area contributed by atoms with E-state index in [1.54, 1.807) is 7.11 Å². The Labute approximate surface area is 116 Å². The highest BCUT2D eigenvalue weighted by Gasteiger charge is 2.24. The van der Waals surface area contributed by atoms with Crippen LogP contribution in [-0.2, 0) is 18.2 Å². The second-order valence-corrected chi connectivity index (χ2v) is 6.00. The molecule has 4 heteroatoms. The van der Waals surface area contributed by atoms with E-state index in [-0.39, 0.29) is 0 Å². The molecule has 4 nitrogen and oxygen atoms in total. The predicted molar refractivity (Wildman–Crippen MR) is 78.4 cm³/mol. The van der Waals surface area contributed by atoms with Gasteiger partial charge < -0.3 is 10.1 Å². The van der Waals surface area contributed by atoms with E-state index in [1.165, 1.54) is 19.3 Å². The first kappa shape index (κ1) is 14.4. The normalized spacial score (nSPS) is 27.5. The van der Waals surface area contributed by atoms with Gasteiger partial charge in [0, 0.05) is 32.7 Å². The lowest BCUT2D eigenvalue weighted by molar-refractivity contribution is 0.201. The largest absolute Gasteiger partial charge is 0.384 e. The van der Waals surface area contributed by atoms with Gasteiger partial charge in [-0.25, -0.2) is 0 Å². The van der Waals surface area contributed by atoms with Crippen LogP contribution in [0, 0.1) is 11.8 Å². The van der Waals surface area contributed by atoms with Crippen LogP contribution in [0.3, 0.4) is 0 Å². The highest BCUT2D eigenvalue weighted by molar-refractivity contribution is 5.38. The number of ether oxygens (including phenoxy) is 1. The van der Waals surface area contributed by atoms with Crippen molar-refractivity contribution in [3.63, 3.8) is 0 Å². The van der Waals surface area contributed by atoms with Crippen LogP contribution in [0.15, 0.2) is 6.07 Å². The number of methoxy groups -OCH3 is 1. The van der Waals surface area contributed by atoms with E-state index in [0.717, 1.165) is 36.4 Å². The fourth-order valence-corrected chi connectivity index (χ4v) is 2.88. The predicted octanol–water partition coefficient (Wildman–Crippen LogP) is 2.85. The van der Waals surface area contributed by atoms with E-state index in [1.807, 2.05) is 11.7 Å². The number of rotatable bonds is 5. The minimum Gasteiger partial charge on any atom is -0.384 e. The van der Waals surface area contributed by atoms with Crippen molar-refractivity contribution in [2.75, 3.05) is 19.0 Å². The van der Waals surface area contributed by atoms with Crippen molar-refractivity contribution in [1.82, 2.24) is 9.78 Å². The SMILES string of the molecule is COCCc1cc(N[C@@H]2CC[C@@H](C)[C@@H](C)C2)n(C)n1. The van der Waals surface area contributed by atoms with Crippen LogP contribution in [0.4, 0.5) is 5.82 Å². The maximum atomic E-state index is 5.10. The van der Waals surface area contributed by atoms with E-state index < -0.39 is 0 Å². The number of nitrogens with one attached hydrogen (secondary N) is 1. The van der Waals surface area contributed by atoms with Crippen LogP contribution in [-0.4, -0.2) is 29.5 Å². The highest BCUT2D eigenvalue weighted by atomic mass is 16.5. The second-order valence-electron chi connectivity index (χ2n) is 6.00. The monoisotopic (exact) mass is 265 g/mol. The van der Waals surface area contributed by atoms with E-state index in [0.29, 0.717) is 6.04 Å². The third-order valence-corrected chi connectivity index (χ3v) is 4.44. The summed E-state index contributed by atoms with van der Waals surface area (Å²) in [6, 6.07) is 2.75. The molecule has 1 aliphatic rings. The van der Waals surface area contributed by atoms with Gasteiger partial charge in [-0.05, 0) is 31.1 Å². The second kappa shape index (κ2) is 6.42. The number of anilines is 1. The summed E-state index contributed by atoms with van der Waals surface area (Å²) >= 11 is 0. The standard InChI is InChI=1S/C15H27N3O/c1-11-5-6-13(9-12(11)2)16-15-10-14(7-8-19-4)17-18(15)3/h10-13,16H,5-9H2,1-4H3/t11-,12+,13-/m1/s1. The molecule has 0 aliphatic heterocycles. The van der Waals surface area contributed by atoms with Crippen molar-refractivity contribution in [1.29, 1.82) is 0 Å². The summed E-state index contributed by atoms with van der Waals surface area (Å²) in [5.41, 5.74) is 1.10. The van der Waals surface area contributed by atoms with Gasteiger partial charge in [-0.3, -0.25) is 4.68 Å². The quantitative estimate of drug-likeness (QED) is 0.890. The Morgan fingerprint density at radius 3 is 2.84 bits per heavy atom. The maximum Gasteiger partial charge on any atom is 0.124 e. The molecule has 0 radical (unpaired) electrons. The number of hydrogen-bond acceptors (Lipinski definition) is 3. The van der Waals surface area contributed by atoms with E-state index in [4.69, 9.17) is 4.74 Å². The first-order valence-electron chi connectivity index (χ1n) is 7.38. The van der Waals surface area contributed by atoms with E-state index >= 15 is 0 Å². The first-order valence-corrected chi connectivity index (χ1v) is 7.38. The van der Waals surface area contributed by atoms with Crippen molar-refractivity contribution in [2.24, 2.45) is 18.9 Å². The van der Waals surface area contributed by atoms with Crippen molar-refractivity contribution in [2.45, 2.75) is 45.6 Å². The Balaban J connectivity index is 1.93. The Morgan fingerprint density at radius 2 is 2.16 bits per heavy atom. The van der Waals surface area contributed by atoms with Crippen molar-refractivity contribution >= 4 is 5.82 Å². The molecule has 1 aliphatic carbocycles. The molecule has 1 heterocycles. The zero-order valence-corrected chi connectivity index (χ0v) is 12.6. The zero-order valence-electron chi connectivity index (χ0n) is 12.6. The lowest BCUT2D eigenvalue weighted by atomic mass is 9.79. The van der Waals surface area contributed by atoms with Gasteiger partial charge in [0.2, 0.25) is 0 Å². The lowest BCUT2D eigenvalue weighted by Gasteiger charge is -2.32. The summed E-state index contributed by atoms with van der Waals surface area (Å²) < 4.78 is 7.05. The Morgan fingerprint density at radius 1 is 1.37 bits per heavy atom. The van der Waals surface area contributed by atoms with Crippen LogP contribution in [0.1, 0.15) is 38.8 Å². The fourth-order valence-electron chi connectivity index (χ4n) is 2.88. The highest BCUT2D eigenvalue weighted by Crippen LogP contribution is 2.31. The summed E-state index contributed by atoms with van der Waals surface area (Å²) in [5.74, 6) is 2.81. The molecule has 2 rings (SSSR count). The molecule has 1 N–H and O–H groups in total. The number of hydrogen-bond donors (Lipinski definition) is 1. The van der Waals surface area contributed by atoms with Gasteiger partial charge in [-0.2, -0.15) is 5.10 Å². The van der Waals surface area contributed by atoms with Crippen LogP contribution in [0.5, 0.6) is 0 Å². The first-order chi connectivity index (χ1) is 9.10. The molecule has 0 amide bonds. The van der Waals surface area contributed by atoms with E-state index in [2.05, 4.69) is 30.3 Å². The molecule has 0 spiro atoms.